The molecule has 1 aliphatic heterocycles. The SMILES string of the molecule is CCn1ccnc1C(N)C1CCOc2ccccc21. The zero-order valence-electron chi connectivity index (χ0n) is 11.1. The van der Waals surface area contributed by atoms with E-state index < -0.39 is 0 Å². The molecule has 2 unspecified atom stereocenters. The van der Waals surface area contributed by atoms with Crippen LogP contribution in [0.25, 0.3) is 0 Å². The monoisotopic (exact) mass is 257 g/mol. The molecule has 2 heterocycles. The summed E-state index contributed by atoms with van der Waals surface area (Å²) in [5, 5.41) is 0. The van der Waals surface area contributed by atoms with Gasteiger partial charge in [0, 0.05) is 24.9 Å². The highest BCUT2D eigenvalue weighted by Crippen LogP contribution is 2.39. The number of imidazole rings is 1. The quantitative estimate of drug-likeness (QED) is 0.919. The third-order valence-corrected chi connectivity index (χ3v) is 3.82. The fourth-order valence-electron chi connectivity index (χ4n) is 2.81. The highest BCUT2D eigenvalue weighted by atomic mass is 16.5. The lowest BCUT2D eigenvalue weighted by Gasteiger charge is -2.30. The molecular weight excluding hydrogens is 238 g/mol. The maximum Gasteiger partial charge on any atom is 0.126 e. The van der Waals surface area contributed by atoms with Crippen LogP contribution in [0.1, 0.15) is 36.7 Å². The standard InChI is InChI=1S/C15H19N3O/c1-2-18-9-8-17-15(18)14(16)12-7-10-19-13-6-4-3-5-11(12)13/h3-6,8-9,12,14H,2,7,10,16H2,1H3. The van der Waals surface area contributed by atoms with Crippen molar-refractivity contribution in [3.8, 4) is 5.75 Å². The van der Waals surface area contributed by atoms with Crippen molar-refractivity contribution in [1.82, 2.24) is 9.55 Å². The second kappa shape index (κ2) is 5.05. The number of rotatable bonds is 3. The van der Waals surface area contributed by atoms with Crippen LogP contribution >= 0.6 is 0 Å². The summed E-state index contributed by atoms with van der Waals surface area (Å²) in [6, 6.07) is 8.08. The molecule has 1 aromatic heterocycles. The molecule has 1 aromatic carbocycles. The second-order valence-electron chi connectivity index (χ2n) is 4.88. The molecule has 4 heteroatoms. The van der Waals surface area contributed by atoms with Crippen LogP contribution in [0, 0.1) is 0 Å². The molecule has 2 atom stereocenters. The van der Waals surface area contributed by atoms with Crippen LogP contribution in [-0.4, -0.2) is 16.2 Å². The summed E-state index contributed by atoms with van der Waals surface area (Å²) < 4.78 is 7.81. The van der Waals surface area contributed by atoms with Crippen molar-refractivity contribution >= 4 is 0 Å². The van der Waals surface area contributed by atoms with Crippen molar-refractivity contribution in [2.75, 3.05) is 6.61 Å². The Balaban J connectivity index is 1.95. The number of ether oxygens (including phenoxy) is 1. The maximum absolute atomic E-state index is 6.47. The van der Waals surface area contributed by atoms with E-state index in [2.05, 4.69) is 22.5 Å². The van der Waals surface area contributed by atoms with Gasteiger partial charge in [0.05, 0.1) is 12.6 Å². The van der Waals surface area contributed by atoms with Crippen LogP contribution in [0.15, 0.2) is 36.7 Å². The first-order valence-corrected chi connectivity index (χ1v) is 6.79. The van der Waals surface area contributed by atoms with Gasteiger partial charge in [-0.05, 0) is 25.0 Å². The third-order valence-electron chi connectivity index (χ3n) is 3.82. The molecule has 0 amide bonds. The van der Waals surface area contributed by atoms with E-state index in [4.69, 9.17) is 10.5 Å². The summed E-state index contributed by atoms with van der Waals surface area (Å²) in [6.07, 6.45) is 4.75. The van der Waals surface area contributed by atoms with Crippen molar-refractivity contribution in [1.29, 1.82) is 0 Å². The zero-order chi connectivity index (χ0) is 13.2. The molecule has 0 spiro atoms. The Morgan fingerprint density at radius 3 is 3.16 bits per heavy atom. The topological polar surface area (TPSA) is 53.1 Å². The largest absolute Gasteiger partial charge is 0.493 e. The van der Waals surface area contributed by atoms with Crippen LogP contribution in [0.2, 0.25) is 0 Å². The summed E-state index contributed by atoms with van der Waals surface area (Å²) in [4.78, 5) is 4.43. The van der Waals surface area contributed by atoms with Crippen molar-refractivity contribution in [3.63, 3.8) is 0 Å². The molecule has 2 N–H and O–H groups in total. The molecule has 0 bridgehead atoms. The van der Waals surface area contributed by atoms with Gasteiger partial charge in [0.15, 0.2) is 0 Å². The molecule has 4 nitrogen and oxygen atoms in total. The minimum Gasteiger partial charge on any atom is -0.493 e. The third kappa shape index (κ3) is 2.12. The number of hydrogen-bond donors (Lipinski definition) is 1. The number of aromatic nitrogens is 2. The van der Waals surface area contributed by atoms with Gasteiger partial charge in [0.2, 0.25) is 0 Å². The average Bonchev–Trinajstić information content (AvgIpc) is 2.94. The van der Waals surface area contributed by atoms with Crippen molar-refractivity contribution in [3.05, 3.63) is 48.0 Å². The Labute approximate surface area is 113 Å². The van der Waals surface area contributed by atoms with Crippen LogP contribution < -0.4 is 10.5 Å². The molecule has 3 rings (SSSR count). The first-order chi connectivity index (χ1) is 9.31. The van der Waals surface area contributed by atoms with E-state index in [1.165, 1.54) is 5.56 Å². The minimum atomic E-state index is -0.0833. The predicted octanol–water partition coefficient (Wildman–Crippen LogP) is 2.47. The average molecular weight is 257 g/mol. The normalized spacial score (nSPS) is 19.6. The molecule has 0 radical (unpaired) electrons. The van der Waals surface area contributed by atoms with Gasteiger partial charge in [-0.1, -0.05) is 18.2 Å². The Bertz CT molecular complexity index is 564. The maximum atomic E-state index is 6.47. The second-order valence-corrected chi connectivity index (χ2v) is 4.88. The minimum absolute atomic E-state index is 0.0833. The molecular formula is C15H19N3O. The van der Waals surface area contributed by atoms with Crippen LogP contribution in [-0.2, 0) is 6.54 Å². The van der Waals surface area contributed by atoms with E-state index in [0.29, 0.717) is 0 Å². The number of aryl methyl sites for hydroxylation is 1. The molecule has 1 aliphatic rings. The number of para-hydroxylation sites is 1. The van der Waals surface area contributed by atoms with Gasteiger partial charge >= 0.3 is 0 Å². The van der Waals surface area contributed by atoms with Crippen molar-refractivity contribution in [2.24, 2.45) is 5.73 Å². The van der Waals surface area contributed by atoms with Crippen LogP contribution in [0.4, 0.5) is 0 Å². The Hall–Kier alpha value is -1.81. The summed E-state index contributed by atoms with van der Waals surface area (Å²) in [5.74, 6) is 2.20. The summed E-state index contributed by atoms with van der Waals surface area (Å²) in [6.45, 7) is 3.73. The number of benzene rings is 1. The van der Waals surface area contributed by atoms with Gasteiger partial charge in [-0.15, -0.1) is 0 Å². The number of nitrogens with zero attached hydrogens (tertiary/aromatic N) is 2. The Morgan fingerprint density at radius 1 is 1.47 bits per heavy atom. The highest BCUT2D eigenvalue weighted by molar-refractivity contribution is 5.39. The lowest BCUT2D eigenvalue weighted by molar-refractivity contribution is 0.253. The number of nitrogens with two attached hydrogens (primary N) is 1. The fraction of sp³-hybridized carbons (Fsp3) is 0.400. The van der Waals surface area contributed by atoms with Crippen LogP contribution in [0.3, 0.4) is 0 Å². The Kier molecular flexibility index (Phi) is 3.25. The molecule has 0 fully saturated rings. The van der Waals surface area contributed by atoms with E-state index in [1.54, 1.807) is 0 Å². The van der Waals surface area contributed by atoms with Gasteiger partial charge in [0.1, 0.15) is 11.6 Å². The summed E-state index contributed by atoms with van der Waals surface area (Å²) in [5.41, 5.74) is 7.67. The smallest absolute Gasteiger partial charge is 0.126 e. The lowest BCUT2D eigenvalue weighted by Crippen LogP contribution is -2.27. The van der Waals surface area contributed by atoms with Gasteiger partial charge in [-0.3, -0.25) is 0 Å². The highest BCUT2D eigenvalue weighted by Gasteiger charge is 2.29. The van der Waals surface area contributed by atoms with Gasteiger partial charge in [-0.2, -0.15) is 0 Å². The van der Waals surface area contributed by atoms with Gasteiger partial charge in [0.25, 0.3) is 0 Å². The molecule has 0 aliphatic carbocycles. The Morgan fingerprint density at radius 2 is 2.32 bits per heavy atom. The molecule has 0 saturated carbocycles. The van der Waals surface area contributed by atoms with Crippen molar-refractivity contribution in [2.45, 2.75) is 31.8 Å². The zero-order valence-corrected chi connectivity index (χ0v) is 11.1. The lowest BCUT2D eigenvalue weighted by atomic mass is 9.86. The van der Waals surface area contributed by atoms with Gasteiger partial charge < -0.3 is 15.0 Å². The van der Waals surface area contributed by atoms with E-state index in [-0.39, 0.29) is 12.0 Å². The van der Waals surface area contributed by atoms with E-state index in [9.17, 15) is 0 Å². The van der Waals surface area contributed by atoms with E-state index >= 15 is 0 Å². The number of fused-ring (bicyclic) bond motifs is 1. The molecule has 0 saturated heterocycles. The first kappa shape index (κ1) is 12.2. The van der Waals surface area contributed by atoms with Gasteiger partial charge in [-0.25, -0.2) is 4.98 Å². The summed E-state index contributed by atoms with van der Waals surface area (Å²) >= 11 is 0. The first-order valence-electron chi connectivity index (χ1n) is 6.79. The van der Waals surface area contributed by atoms with E-state index in [0.717, 1.165) is 31.1 Å². The predicted molar refractivity (Wildman–Crippen MR) is 74.1 cm³/mol. The fourth-order valence-corrected chi connectivity index (χ4v) is 2.81. The van der Waals surface area contributed by atoms with E-state index in [1.807, 2.05) is 30.6 Å². The molecule has 19 heavy (non-hydrogen) atoms. The molecule has 2 aromatic rings. The summed E-state index contributed by atoms with van der Waals surface area (Å²) in [7, 11) is 0. The van der Waals surface area contributed by atoms with Crippen molar-refractivity contribution < 1.29 is 4.74 Å². The van der Waals surface area contributed by atoms with Crippen LogP contribution in [0.5, 0.6) is 5.75 Å². The number of hydrogen-bond acceptors (Lipinski definition) is 3. The molecule has 100 valence electrons.